The molecule has 0 aliphatic carbocycles. The summed E-state index contributed by atoms with van der Waals surface area (Å²) in [6, 6.07) is 3.14. The van der Waals surface area contributed by atoms with Gasteiger partial charge in [-0.15, -0.1) is 0 Å². The quantitative estimate of drug-likeness (QED) is 0.671. The molecular formula is C8H10N2O4. The molecule has 2 amide bonds. The van der Waals surface area contributed by atoms with Crippen molar-refractivity contribution in [2.75, 3.05) is 13.2 Å². The van der Waals surface area contributed by atoms with E-state index in [1.54, 1.807) is 6.07 Å². The molecule has 0 atom stereocenters. The highest BCUT2D eigenvalue weighted by atomic mass is 16.5. The third kappa shape index (κ3) is 3.18. The van der Waals surface area contributed by atoms with Gasteiger partial charge < -0.3 is 20.2 Å². The Morgan fingerprint density at radius 3 is 2.93 bits per heavy atom. The predicted molar refractivity (Wildman–Crippen MR) is 46.6 cm³/mol. The van der Waals surface area contributed by atoms with Crippen LogP contribution in [0.1, 0.15) is 10.6 Å². The van der Waals surface area contributed by atoms with Crippen molar-refractivity contribution in [3.63, 3.8) is 0 Å². The molecule has 0 aliphatic heterocycles. The maximum atomic E-state index is 11.2. The number of furan rings is 1. The van der Waals surface area contributed by atoms with Gasteiger partial charge in [-0.2, -0.15) is 0 Å². The van der Waals surface area contributed by atoms with E-state index in [9.17, 15) is 9.59 Å². The van der Waals surface area contributed by atoms with Gasteiger partial charge in [-0.3, -0.25) is 4.79 Å². The summed E-state index contributed by atoms with van der Waals surface area (Å²) < 4.78 is 9.23. The van der Waals surface area contributed by atoms with Crippen LogP contribution < -0.4 is 11.1 Å². The number of primary amides is 1. The molecule has 6 nitrogen and oxygen atoms in total. The van der Waals surface area contributed by atoms with E-state index >= 15 is 0 Å². The first-order valence-electron chi connectivity index (χ1n) is 3.94. The first kappa shape index (κ1) is 10.1. The second-order valence-corrected chi connectivity index (χ2v) is 2.40. The lowest BCUT2D eigenvalue weighted by Crippen LogP contribution is -2.28. The zero-order chi connectivity index (χ0) is 10.4. The van der Waals surface area contributed by atoms with E-state index in [0.29, 0.717) is 0 Å². The summed E-state index contributed by atoms with van der Waals surface area (Å²) in [7, 11) is 0. The first-order valence-corrected chi connectivity index (χ1v) is 3.94. The minimum Gasteiger partial charge on any atom is -0.459 e. The second kappa shape index (κ2) is 4.90. The van der Waals surface area contributed by atoms with E-state index in [4.69, 9.17) is 10.2 Å². The number of hydrogen-bond donors (Lipinski definition) is 2. The van der Waals surface area contributed by atoms with Crippen LogP contribution in [0.15, 0.2) is 22.8 Å². The van der Waals surface area contributed by atoms with E-state index in [2.05, 4.69) is 10.1 Å². The molecule has 0 saturated heterocycles. The lowest BCUT2D eigenvalue weighted by atomic mass is 10.4. The van der Waals surface area contributed by atoms with Gasteiger partial charge in [0, 0.05) is 0 Å². The minimum absolute atomic E-state index is 0.0434. The molecule has 1 rings (SSSR count). The monoisotopic (exact) mass is 198 g/mol. The molecule has 1 aromatic rings. The Kier molecular flexibility index (Phi) is 3.54. The first-order chi connectivity index (χ1) is 6.70. The number of nitrogens with two attached hydrogens (primary N) is 1. The van der Waals surface area contributed by atoms with Crippen molar-refractivity contribution in [2.45, 2.75) is 0 Å². The molecule has 0 saturated carbocycles. The van der Waals surface area contributed by atoms with Crippen LogP contribution in [0.2, 0.25) is 0 Å². The molecular weight excluding hydrogens is 188 g/mol. The van der Waals surface area contributed by atoms with E-state index in [1.807, 2.05) is 0 Å². The Labute approximate surface area is 80.0 Å². The molecule has 0 aromatic carbocycles. The highest BCUT2D eigenvalue weighted by molar-refractivity contribution is 5.91. The number of ether oxygens (including phenoxy) is 1. The van der Waals surface area contributed by atoms with Gasteiger partial charge in [-0.25, -0.2) is 4.79 Å². The number of carbonyl (C=O) groups is 2. The number of nitrogens with one attached hydrogen (secondary N) is 1. The van der Waals surface area contributed by atoms with Crippen LogP contribution in [-0.4, -0.2) is 25.2 Å². The molecule has 0 aliphatic rings. The van der Waals surface area contributed by atoms with Crippen molar-refractivity contribution in [3.05, 3.63) is 24.2 Å². The summed E-state index contributed by atoms with van der Waals surface area (Å²) in [5.41, 5.74) is 4.71. The van der Waals surface area contributed by atoms with Gasteiger partial charge in [0.15, 0.2) is 5.76 Å². The third-order valence-corrected chi connectivity index (χ3v) is 1.38. The average Bonchev–Trinajstić information content (AvgIpc) is 2.64. The van der Waals surface area contributed by atoms with Gasteiger partial charge in [0.25, 0.3) is 5.91 Å². The summed E-state index contributed by atoms with van der Waals surface area (Å²) in [5, 5.41) is 2.47. The fourth-order valence-corrected chi connectivity index (χ4v) is 0.811. The fourth-order valence-electron chi connectivity index (χ4n) is 0.811. The topological polar surface area (TPSA) is 94.6 Å². The van der Waals surface area contributed by atoms with Gasteiger partial charge in [0.2, 0.25) is 0 Å². The Morgan fingerprint density at radius 2 is 2.36 bits per heavy atom. The zero-order valence-corrected chi connectivity index (χ0v) is 7.36. The van der Waals surface area contributed by atoms with Gasteiger partial charge >= 0.3 is 6.09 Å². The van der Waals surface area contributed by atoms with Gasteiger partial charge in [0.05, 0.1) is 12.8 Å². The highest BCUT2D eigenvalue weighted by Crippen LogP contribution is 1.98. The van der Waals surface area contributed by atoms with Crippen LogP contribution in [0.4, 0.5) is 4.79 Å². The van der Waals surface area contributed by atoms with Crippen molar-refractivity contribution in [1.29, 1.82) is 0 Å². The summed E-state index contributed by atoms with van der Waals surface area (Å²) in [5.74, 6) is -0.146. The van der Waals surface area contributed by atoms with Crippen LogP contribution in [0.5, 0.6) is 0 Å². The van der Waals surface area contributed by atoms with E-state index in [0.717, 1.165) is 0 Å². The fraction of sp³-hybridized carbons (Fsp3) is 0.250. The van der Waals surface area contributed by atoms with Crippen LogP contribution in [-0.2, 0) is 4.74 Å². The number of amides is 2. The zero-order valence-electron chi connectivity index (χ0n) is 7.36. The maximum absolute atomic E-state index is 11.2. The molecule has 6 heteroatoms. The van der Waals surface area contributed by atoms with E-state index in [-0.39, 0.29) is 24.8 Å². The smallest absolute Gasteiger partial charge is 0.404 e. The highest BCUT2D eigenvalue weighted by Gasteiger charge is 2.06. The molecule has 0 radical (unpaired) electrons. The predicted octanol–water partition coefficient (Wildman–Crippen LogP) is 0.105. The van der Waals surface area contributed by atoms with Gasteiger partial charge in [0.1, 0.15) is 6.61 Å². The molecule has 76 valence electrons. The van der Waals surface area contributed by atoms with Crippen LogP contribution in [0, 0.1) is 0 Å². The maximum Gasteiger partial charge on any atom is 0.404 e. The van der Waals surface area contributed by atoms with Crippen molar-refractivity contribution in [1.82, 2.24) is 5.32 Å². The van der Waals surface area contributed by atoms with Crippen molar-refractivity contribution in [2.24, 2.45) is 5.73 Å². The minimum atomic E-state index is -0.864. The van der Waals surface area contributed by atoms with Gasteiger partial charge in [-0.05, 0) is 12.1 Å². The van der Waals surface area contributed by atoms with Crippen LogP contribution in [0.25, 0.3) is 0 Å². The molecule has 0 fully saturated rings. The summed E-state index contributed by atoms with van der Waals surface area (Å²) >= 11 is 0. The third-order valence-electron chi connectivity index (χ3n) is 1.38. The Bertz CT molecular complexity index is 307. The lowest BCUT2D eigenvalue weighted by Gasteiger charge is -2.02. The standard InChI is InChI=1S/C8H10N2O4/c9-8(12)14-5-3-10-7(11)6-2-1-4-13-6/h1-2,4H,3,5H2,(H2,9,12)(H,10,11). The molecule has 0 unspecified atom stereocenters. The lowest BCUT2D eigenvalue weighted by molar-refractivity contribution is 0.0909. The SMILES string of the molecule is NC(=O)OCCNC(=O)c1ccco1. The molecule has 14 heavy (non-hydrogen) atoms. The largest absolute Gasteiger partial charge is 0.459 e. The Hall–Kier alpha value is -1.98. The van der Waals surface area contributed by atoms with E-state index in [1.165, 1.54) is 12.3 Å². The number of rotatable bonds is 4. The van der Waals surface area contributed by atoms with Crippen LogP contribution in [0.3, 0.4) is 0 Å². The van der Waals surface area contributed by atoms with E-state index < -0.39 is 6.09 Å². The van der Waals surface area contributed by atoms with Gasteiger partial charge in [-0.1, -0.05) is 0 Å². The number of carbonyl (C=O) groups excluding carboxylic acids is 2. The summed E-state index contributed by atoms with van der Waals surface area (Å²) in [6.45, 7) is 0.240. The van der Waals surface area contributed by atoms with Crippen LogP contribution >= 0.6 is 0 Å². The molecule has 0 bridgehead atoms. The Morgan fingerprint density at radius 1 is 1.57 bits per heavy atom. The molecule has 1 aromatic heterocycles. The van der Waals surface area contributed by atoms with Crippen molar-refractivity contribution < 1.29 is 18.7 Å². The number of hydrogen-bond acceptors (Lipinski definition) is 4. The normalized spacial score (nSPS) is 9.43. The van der Waals surface area contributed by atoms with Crippen molar-refractivity contribution in [3.8, 4) is 0 Å². The summed E-state index contributed by atoms with van der Waals surface area (Å²) in [4.78, 5) is 21.3. The molecule has 3 N–H and O–H groups in total. The molecule has 1 heterocycles. The van der Waals surface area contributed by atoms with Crippen molar-refractivity contribution >= 4 is 12.0 Å². The Balaban J connectivity index is 2.19. The summed E-state index contributed by atoms with van der Waals surface area (Å²) in [6.07, 6.45) is 0.534. The molecule has 0 spiro atoms. The second-order valence-electron chi connectivity index (χ2n) is 2.40. The average molecular weight is 198 g/mol.